The van der Waals surface area contributed by atoms with Gasteiger partial charge in [-0.1, -0.05) is 30.3 Å². The van der Waals surface area contributed by atoms with Crippen LogP contribution in [-0.4, -0.2) is 34.9 Å². The van der Waals surface area contributed by atoms with Gasteiger partial charge in [0.25, 0.3) is 0 Å². The van der Waals surface area contributed by atoms with Crippen molar-refractivity contribution >= 4 is 5.91 Å². The minimum atomic E-state index is 0.198. The van der Waals surface area contributed by atoms with Crippen LogP contribution in [-0.2, 0) is 24.2 Å². The number of rotatable bonds is 8. The second-order valence-electron chi connectivity index (χ2n) is 8.40. The molecule has 1 saturated heterocycles. The average Bonchev–Trinajstić information content (AvgIpc) is 3.54. The number of hydrogen-bond acceptors (Lipinski definition) is 3. The van der Waals surface area contributed by atoms with Crippen molar-refractivity contribution in [3.05, 3.63) is 65.5 Å². The van der Waals surface area contributed by atoms with Crippen LogP contribution in [0.2, 0.25) is 0 Å². The molecule has 1 aromatic heterocycles. The van der Waals surface area contributed by atoms with Crippen LogP contribution in [0.25, 0.3) is 0 Å². The van der Waals surface area contributed by atoms with E-state index in [0.717, 1.165) is 44.8 Å². The highest BCUT2D eigenvalue weighted by molar-refractivity contribution is 5.76. The number of likely N-dealkylation sites (tertiary alicyclic amines) is 1. The van der Waals surface area contributed by atoms with E-state index in [2.05, 4.69) is 51.6 Å². The molecule has 0 atom stereocenters. The van der Waals surface area contributed by atoms with Gasteiger partial charge in [-0.3, -0.25) is 14.7 Å². The molecule has 0 bridgehead atoms. The first-order valence-electron chi connectivity index (χ1n) is 10.7. The van der Waals surface area contributed by atoms with Crippen LogP contribution in [0.3, 0.4) is 0 Å². The number of piperidine rings is 1. The molecule has 2 aromatic rings. The molecule has 2 fully saturated rings. The molecule has 0 unspecified atom stereocenters. The van der Waals surface area contributed by atoms with Crippen molar-refractivity contribution in [1.82, 2.24) is 15.2 Å². The van der Waals surface area contributed by atoms with E-state index in [1.807, 2.05) is 12.3 Å². The second-order valence-corrected chi connectivity index (χ2v) is 8.40. The Balaban J connectivity index is 1.18. The summed E-state index contributed by atoms with van der Waals surface area (Å²) in [5.74, 6) is 0.971. The van der Waals surface area contributed by atoms with E-state index in [-0.39, 0.29) is 5.91 Å². The molecule has 1 aliphatic heterocycles. The molecule has 4 nitrogen and oxygen atoms in total. The van der Waals surface area contributed by atoms with Crippen LogP contribution in [0.5, 0.6) is 0 Å². The molecule has 0 spiro atoms. The van der Waals surface area contributed by atoms with Gasteiger partial charge in [-0.15, -0.1) is 0 Å². The SMILES string of the molecule is O=C(CCc1ccc(CC2CCN(Cc3ccccn3)CC2)cc1)NC1CC1. The van der Waals surface area contributed by atoms with Crippen molar-refractivity contribution in [3.63, 3.8) is 0 Å². The second kappa shape index (κ2) is 9.33. The van der Waals surface area contributed by atoms with Gasteiger partial charge in [0, 0.05) is 25.2 Å². The fourth-order valence-electron chi connectivity index (χ4n) is 4.03. The molecule has 0 radical (unpaired) electrons. The van der Waals surface area contributed by atoms with Gasteiger partial charge in [-0.2, -0.15) is 0 Å². The Labute approximate surface area is 168 Å². The van der Waals surface area contributed by atoms with Crippen molar-refractivity contribution < 1.29 is 4.79 Å². The Hall–Kier alpha value is -2.20. The zero-order valence-electron chi connectivity index (χ0n) is 16.6. The Bertz CT molecular complexity index is 747. The third-order valence-electron chi connectivity index (χ3n) is 5.95. The molecule has 4 heteroatoms. The highest BCUT2D eigenvalue weighted by Gasteiger charge is 2.23. The summed E-state index contributed by atoms with van der Waals surface area (Å²) >= 11 is 0. The summed E-state index contributed by atoms with van der Waals surface area (Å²) in [4.78, 5) is 18.8. The molecular weight excluding hydrogens is 346 g/mol. The molecule has 148 valence electrons. The fourth-order valence-corrected chi connectivity index (χ4v) is 4.03. The summed E-state index contributed by atoms with van der Waals surface area (Å²) in [7, 11) is 0. The highest BCUT2D eigenvalue weighted by atomic mass is 16.1. The Morgan fingerprint density at radius 2 is 1.75 bits per heavy atom. The van der Waals surface area contributed by atoms with Gasteiger partial charge in [-0.05, 0) is 80.8 Å². The smallest absolute Gasteiger partial charge is 0.220 e. The Kier molecular flexibility index (Phi) is 6.38. The van der Waals surface area contributed by atoms with Gasteiger partial charge in [0.15, 0.2) is 0 Å². The van der Waals surface area contributed by atoms with Crippen LogP contribution < -0.4 is 5.32 Å². The summed E-state index contributed by atoms with van der Waals surface area (Å²) in [6.07, 6.45) is 9.32. The number of aryl methyl sites for hydroxylation is 1. The van der Waals surface area contributed by atoms with Crippen molar-refractivity contribution in [1.29, 1.82) is 0 Å². The molecule has 2 heterocycles. The molecule has 4 rings (SSSR count). The first-order valence-corrected chi connectivity index (χ1v) is 10.7. The zero-order chi connectivity index (χ0) is 19.2. The number of aromatic nitrogens is 1. The van der Waals surface area contributed by atoms with Crippen molar-refractivity contribution in [2.45, 2.75) is 57.5 Å². The van der Waals surface area contributed by atoms with E-state index in [1.165, 1.54) is 36.1 Å². The first kappa shape index (κ1) is 19.1. The average molecular weight is 378 g/mol. The monoisotopic (exact) mass is 377 g/mol. The van der Waals surface area contributed by atoms with Crippen molar-refractivity contribution in [2.75, 3.05) is 13.1 Å². The summed E-state index contributed by atoms with van der Waals surface area (Å²) in [5, 5.41) is 3.06. The summed E-state index contributed by atoms with van der Waals surface area (Å²) in [5.41, 5.74) is 3.86. The van der Waals surface area contributed by atoms with Crippen LogP contribution in [0.15, 0.2) is 48.7 Å². The lowest BCUT2D eigenvalue weighted by molar-refractivity contribution is -0.121. The van der Waals surface area contributed by atoms with Crippen molar-refractivity contribution in [2.24, 2.45) is 5.92 Å². The molecule has 1 N–H and O–H groups in total. The van der Waals surface area contributed by atoms with E-state index >= 15 is 0 Å². The molecule has 1 saturated carbocycles. The molecule has 1 aliphatic carbocycles. The number of carbonyl (C=O) groups is 1. The van der Waals surface area contributed by atoms with Gasteiger partial charge >= 0.3 is 0 Å². The topological polar surface area (TPSA) is 45.2 Å². The quantitative estimate of drug-likeness (QED) is 0.762. The maximum absolute atomic E-state index is 11.8. The van der Waals surface area contributed by atoms with Crippen LogP contribution >= 0.6 is 0 Å². The number of benzene rings is 1. The standard InChI is InChI=1S/C24H31N3O/c28-24(26-22-9-10-22)11-8-19-4-6-20(7-5-19)17-21-12-15-27(16-13-21)18-23-3-1-2-14-25-23/h1-7,14,21-22H,8-13,15-18H2,(H,26,28). The van der Waals surface area contributed by atoms with E-state index in [1.54, 1.807) is 0 Å². The molecular formula is C24H31N3O. The van der Waals surface area contributed by atoms with Gasteiger partial charge in [0.05, 0.1) is 5.69 Å². The zero-order valence-corrected chi connectivity index (χ0v) is 16.6. The number of nitrogens with zero attached hydrogens (tertiary/aromatic N) is 2. The lowest BCUT2D eigenvalue weighted by atomic mass is 9.89. The third kappa shape index (κ3) is 5.90. The fraction of sp³-hybridized carbons (Fsp3) is 0.500. The van der Waals surface area contributed by atoms with E-state index in [4.69, 9.17) is 0 Å². The van der Waals surface area contributed by atoms with E-state index in [9.17, 15) is 4.79 Å². The number of carbonyl (C=O) groups excluding carboxylic acids is 1. The van der Waals surface area contributed by atoms with Gasteiger partial charge in [-0.25, -0.2) is 0 Å². The van der Waals surface area contributed by atoms with Crippen LogP contribution in [0.1, 0.15) is 48.9 Å². The maximum Gasteiger partial charge on any atom is 0.220 e. The molecule has 28 heavy (non-hydrogen) atoms. The normalized spacial score (nSPS) is 18.1. The van der Waals surface area contributed by atoms with Gasteiger partial charge in [0.2, 0.25) is 5.91 Å². The molecule has 1 aromatic carbocycles. The lowest BCUT2D eigenvalue weighted by Gasteiger charge is -2.31. The number of amides is 1. The number of hydrogen-bond donors (Lipinski definition) is 1. The highest BCUT2D eigenvalue weighted by Crippen LogP contribution is 2.23. The minimum Gasteiger partial charge on any atom is -0.353 e. The van der Waals surface area contributed by atoms with Gasteiger partial charge < -0.3 is 5.32 Å². The summed E-state index contributed by atoms with van der Waals surface area (Å²) in [6, 6.07) is 15.5. The lowest BCUT2D eigenvalue weighted by Crippen LogP contribution is -2.34. The van der Waals surface area contributed by atoms with Gasteiger partial charge in [0.1, 0.15) is 0 Å². The number of pyridine rings is 1. The van der Waals surface area contributed by atoms with E-state index in [0.29, 0.717) is 12.5 Å². The predicted molar refractivity (Wildman–Crippen MR) is 112 cm³/mol. The Morgan fingerprint density at radius 3 is 2.43 bits per heavy atom. The summed E-state index contributed by atoms with van der Waals surface area (Å²) < 4.78 is 0. The summed E-state index contributed by atoms with van der Waals surface area (Å²) in [6.45, 7) is 3.29. The van der Waals surface area contributed by atoms with Crippen LogP contribution in [0, 0.1) is 5.92 Å². The molecule has 1 amide bonds. The van der Waals surface area contributed by atoms with Crippen molar-refractivity contribution in [3.8, 4) is 0 Å². The number of nitrogens with one attached hydrogen (secondary N) is 1. The predicted octanol–water partition coefficient (Wildman–Crippen LogP) is 3.75. The minimum absolute atomic E-state index is 0.198. The van der Waals surface area contributed by atoms with Crippen LogP contribution in [0.4, 0.5) is 0 Å². The molecule has 2 aliphatic rings. The maximum atomic E-state index is 11.8. The Morgan fingerprint density at radius 1 is 1.00 bits per heavy atom. The van der Waals surface area contributed by atoms with E-state index < -0.39 is 0 Å². The first-order chi connectivity index (χ1) is 13.7. The largest absolute Gasteiger partial charge is 0.353 e. The third-order valence-corrected chi connectivity index (χ3v) is 5.95.